The lowest BCUT2D eigenvalue weighted by Gasteiger charge is -2.42. The maximum atomic E-state index is 13.2. The molecule has 0 bridgehead atoms. The molecule has 1 aromatic rings. The van der Waals surface area contributed by atoms with Crippen LogP contribution in [0, 0.1) is 11.8 Å². The number of aliphatic hydroxyl groups is 9. The minimum atomic E-state index is -2.46. The standard InChI is InChI=1S/C35H52N2O18/c1-15(22(42)9-20(10-27(36)46)23(43)8-18-4-6-19(7-5-18)14-53-17(3)41)37-34(52)21(16(2)40)11-24(44)28(47)31(50)33(25(45)12-38)55-35-32(51)30(49)29(48)26(13-39)54-35/h4-7,15-16,20-21,25-26,28-33,35,38-40,45,47-51H,8-14H2,1-3H3,(H2,36,46)(H,37,52)/t15?,16?,20?,21?,25-,26-,28+,29+,30+,31+,32-,33+,35+/m1/s1. The van der Waals surface area contributed by atoms with Crippen LogP contribution >= 0.6 is 0 Å². The molecule has 310 valence electrons. The van der Waals surface area contributed by atoms with E-state index in [1.54, 1.807) is 24.3 Å². The van der Waals surface area contributed by atoms with Crippen molar-refractivity contribution in [3.8, 4) is 0 Å². The molecule has 1 saturated heterocycles. The Hall–Kier alpha value is -3.80. The van der Waals surface area contributed by atoms with Crippen LogP contribution in [0.5, 0.6) is 0 Å². The summed E-state index contributed by atoms with van der Waals surface area (Å²) in [6.45, 7) is 1.67. The molecule has 0 spiro atoms. The van der Waals surface area contributed by atoms with Crippen LogP contribution in [0.15, 0.2) is 24.3 Å². The second-order valence-electron chi connectivity index (χ2n) is 13.5. The molecular weight excluding hydrogens is 736 g/mol. The highest BCUT2D eigenvalue weighted by molar-refractivity contribution is 5.96. The van der Waals surface area contributed by atoms with Gasteiger partial charge in [-0.15, -0.1) is 0 Å². The number of rotatable bonds is 23. The van der Waals surface area contributed by atoms with E-state index in [0.717, 1.165) is 6.92 Å². The van der Waals surface area contributed by atoms with Gasteiger partial charge < -0.3 is 71.2 Å². The number of hydrogen-bond acceptors (Lipinski definition) is 18. The van der Waals surface area contributed by atoms with Gasteiger partial charge in [-0.2, -0.15) is 0 Å². The van der Waals surface area contributed by atoms with Gasteiger partial charge in [0.05, 0.1) is 31.3 Å². The molecule has 0 saturated carbocycles. The van der Waals surface area contributed by atoms with Crippen molar-refractivity contribution in [1.29, 1.82) is 0 Å². The van der Waals surface area contributed by atoms with Crippen LogP contribution in [-0.2, 0) is 56.0 Å². The van der Waals surface area contributed by atoms with Gasteiger partial charge in [-0.1, -0.05) is 24.3 Å². The third-order valence-corrected chi connectivity index (χ3v) is 9.07. The number of benzene rings is 1. The van der Waals surface area contributed by atoms with Crippen molar-refractivity contribution in [2.75, 3.05) is 13.2 Å². The quantitative estimate of drug-likeness (QED) is 0.0463. The largest absolute Gasteiger partial charge is 0.461 e. The Morgan fingerprint density at radius 1 is 0.836 bits per heavy atom. The number of aliphatic hydroxyl groups excluding tert-OH is 9. The summed E-state index contributed by atoms with van der Waals surface area (Å²) in [4.78, 5) is 75.4. The molecule has 0 aliphatic carbocycles. The van der Waals surface area contributed by atoms with Gasteiger partial charge >= 0.3 is 5.97 Å². The summed E-state index contributed by atoms with van der Waals surface area (Å²) in [5, 5.41) is 93.6. The molecule has 0 radical (unpaired) electrons. The molecule has 0 aromatic heterocycles. The van der Waals surface area contributed by atoms with Crippen LogP contribution in [0.1, 0.15) is 51.2 Å². The second kappa shape index (κ2) is 22.1. The fraction of sp³-hybridized carbons (Fsp3) is 0.657. The van der Waals surface area contributed by atoms with Gasteiger partial charge in [0.1, 0.15) is 61.2 Å². The van der Waals surface area contributed by atoms with E-state index in [9.17, 15) is 74.7 Å². The number of carbonyl (C=O) groups excluding carboxylic acids is 6. The Balaban J connectivity index is 2.10. The lowest BCUT2D eigenvalue weighted by molar-refractivity contribution is -0.326. The molecule has 20 heteroatoms. The van der Waals surface area contributed by atoms with Crippen molar-refractivity contribution in [1.82, 2.24) is 5.32 Å². The van der Waals surface area contributed by atoms with Crippen molar-refractivity contribution in [3.05, 3.63) is 35.4 Å². The van der Waals surface area contributed by atoms with E-state index in [2.05, 4.69) is 5.32 Å². The van der Waals surface area contributed by atoms with E-state index < -0.39 is 147 Å². The minimum Gasteiger partial charge on any atom is -0.461 e. The van der Waals surface area contributed by atoms with Crippen LogP contribution in [0.3, 0.4) is 0 Å². The summed E-state index contributed by atoms with van der Waals surface area (Å²) < 4.78 is 15.4. The zero-order valence-electron chi connectivity index (χ0n) is 30.5. The van der Waals surface area contributed by atoms with Crippen molar-refractivity contribution in [2.24, 2.45) is 17.6 Å². The van der Waals surface area contributed by atoms with Crippen molar-refractivity contribution in [2.45, 2.75) is 120 Å². The first-order valence-electron chi connectivity index (χ1n) is 17.4. The summed E-state index contributed by atoms with van der Waals surface area (Å²) in [6, 6.07) is 5.17. The highest BCUT2D eigenvalue weighted by Gasteiger charge is 2.47. The van der Waals surface area contributed by atoms with Gasteiger partial charge in [0.2, 0.25) is 11.8 Å². The SMILES string of the molecule is CC(=O)OCc1ccc(CC(=O)C(CC(N)=O)CC(=O)C(C)NC(=O)C(CC(=O)[C@H](O)[C@H](O)[C@@H](O[C@@H]2O[C@H](CO)[C@H](O)[C@H](O)[C@H]2O)[C@H](O)CO)C(C)O)cc1. The van der Waals surface area contributed by atoms with E-state index in [0.29, 0.717) is 11.1 Å². The predicted octanol–water partition coefficient (Wildman–Crippen LogP) is -4.97. The molecule has 12 N–H and O–H groups in total. The number of Topliss-reactive ketones (excluding diaryl/α,β-unsaturated/α-hetero) is 3. The van der Waals surface area contributed by atoms with Gasteiger partial charge in [-0.05, 0) is 25.0 Å². The average molecular weight is 789 g/mol. The van der Waals surface area contributed by atoms with Crippen LogP contribution in [0.25, 0.3) is 0 Å². The first kappa shape index (κ1) is 47.4. The smallest absolute Gasteiger partial charge is 0.302 e. The van der Waals surface area contributed by atoms with E-state index in [1.807, 2.05) is 0 Å². The Labute approximate surface area is 315 Å². The van der Waals surface area contributed by atoms with E-state index in [-0.39, 0.29) is 13.0 Å². The first-order chi connectivity index (χ1) is 25.7. The van der Waals surface area contributed by atoms with E-state index >= 15 is 0 Å². The number of ether oxygens (including phenoxy) is 3. The van der Waals surface area contributed by atoms with Gasteiger partial charge in [0, 0.05) is 38.5 Å². The van der Waals surface area contributed by atoms with Crippen LogP contribution in [0.4, 0.5) is 0 Å². The number of amides is 2. The average Bonchev–Trinajstić information content (AvgIpc) is 3.13. The fourth-order valence-electron chi connectivity index (χ4n) is 5.67. The molecule has 13 atom stereocenters. The number of primary amides is 1. The Kier molecular flexibility index (Phi) is 19.0. The molecule has 2 amide bonds. The summed E-state index contributed by atoms with van der Waals surface area (Å²) in [5.74, 6) is -7.68. The molecule has 1 fully saturated rings. The molecule has 1 heterocycles. The molecule has 2 rings (SSSR count). The minimum absolute atomic E-state index is 0.0251. The normalized spacial score (nSPS) is 24.3. The summed E-state index contributed by atoms with van der Waals surface area (Å²) in [6.07, 6.45) is -21.9. The maximum Gasteiger partial charge on any atom is 0.302 e. The number of hydrogen-bond donors (Lipinski definition) is 11. The monoisotopic (exact) mass is 788 g/mol. The third kappa shape index (κ3) is 14.0. The van der Waals surface area contributed by atoms with Gasteiger partial charge in [0.25, 0.3) is 0 Å². The number of nitrogens with two attached hydrogens (primary N) is 1. The Morgan fingerprint density at radius 3 is 1.96 bits per heavy atom. The molecular formula is C35H52N2O18. The first-order valence-corrected chi connectivity index (χ1v) is 17.4. The zero-order chi connectivity index (χ0) is 41.7. The Morgan fingerprint density at radius 2 is 1.44 bits per heavy atom. The molecule has 20 nitrogen and oxygen atoms in total. The third-order valence-electron chi connectivity index (χ3n) is 9.07. The van der Waals surface area contributed by atoms with Crippen molar-refractivity contribution in [3.63, 3.8) is 0 Å². The van der Waals surface area contributed by atoms with Gasteiger partial charge in [0.15, 0.2) is 17.9 Å². The topological polar surface area (TPSA) is 350 Å². The van der Waals surface area contributed by atoms with Crippen molar-refractivity contribution < 1.29 is 88.9 Å². The lowest BCUT2D eigenvalue weighted by Crippen LogP contribution is -2.61. The zero-order valence-corrected chi connectivity index (χ0v) is 30.5. The summed E-state index contributed by atoms with van der Waals surface area (Å²) >= 11 is 0. The number of ketones is 3. The van der Waals surface area contributed by atoms with Crippen LogP contribution in [-0.4, -0.2) is 162 Å². The lowest BCUT2D eigenvalue weighted by atomic mass is 9.88. The fourth-order valence-corrected chi connectivity index (χ4v) is 5.67. The molecule has 55 heavy (non-hydrogen) atoms. The number of nitrogens with one attached hydrogen (secondary N) is 1. The van der Waals surface area contributed by atoms with Gasteiger partial charge in [-0.3, -0.25) is 28.8 Å². The van der Waals surface area contributed by atoms with Crippen LogP contribution in [0.2, 0.25) is 0 Å². The Bertz CT molecular complexity index is 1450. The molecule has 4 unspecified atom stereocenters. The highest BCUT2D eigenvalue weighted by atomic mass is 16.7. The van der Waals surface area contributed by atoms with Crippen LogP contribution < -0.4 is 11.1 Å². The maximum absolute atomic E-state index is 13.2. The van der Waals surface area contributed by atoms with Crippen molar-refractivity contribution >= 4 is 35.1 Å². The molecule has 1 aliphatic rings. The second-order valence-corrected chi connectivity index (χ2v) is 13.5. The number of esters is 1. The summed E-state index contributed by atoms with van der Waals surface area (Å²) in [7, 11) is 0. The molecule has 1 aliphatic heterocycles. The van der Waals surface area contributed by atoms with E-state index in [1.165, 1.54) is 13.8 Å². The van der Waals surface area contributed by atoms with Gasteiger partial charge in [-0.25, -0.2) is 0 Å². The van der Waals surface area contributed by atoms with E-state index in [4.69, 9.17) is 19.9 Å². The molecule has 1 aromatic carbocycles. The number of carbonyl (C=O) groups is 6. The highest BCUT2D eigenvalue weighted by Crippen LogP contribution is 2.26. The summed E-state index contributed by atoms with van der Waals surface area (Å²) in [5.41, 5.74) is 6.52. The predicted molar refractivity (Wildman–Crippen MR) is 184 cm³/mol.